The van der Waals surface area contributed by atoms with Gasteiger partial charge < -0.3 is 10.2 Å². The highest BCUT2D eigenvalue weighted by atomic mass is 16.6. The van der Waals surface area contributed by atoms with Gasteiger partial charge >= 0.3 is 0 Å². The number of nitrogens with one attached hydrogen (secondary N) is 1. The Kier molecular flexibility index (Phi) is 5.76. The molecule has 1 fully saturated rings. The largest absolute Gasteiger partial charge is 0.358 e. The highest BCUT2D eigenvalue weighted by molar-refractivity contribution is 5.90. The Morgan fingerprint density at radius 2 is 2.03 bits per heavy atom. The maximum atomic E-state index is 12.8. The molecule has 4 rings (SSSR count). The lowest BCUT2D eigenvalue weighted by atomic mass is 10.1. The van der Waals surface area contributed by atoms with Crippen LogP contribution in [0.5, 0.6) is 0 Å². The number of nitrogens with zero attached hydrogens (tertiary/aromatic N) is 4. The Labute approximate surface area is 179 Å². The van der Waals surface area contributed by atoms with Gasteiger partial charge in [0.05, 0.1) is 22.1 Å². The number of nitriles is 1. The topological polar surface area (TPSA) is 112 Å². The molecule has 1 aliphatic heterocycles. The number of rotatable bonds is 7. The molecule has 1 N–H and O–H groups in total. The minimum Gasteiger partial charge on any atom is -0.358 e. The highest BCUT2D eigenvalue weighted by Crippen LogP contribution is 2.26. The summed E-state index contributed by atoms with van der Waals surface area (Å²) in [5.74, 6) is 0.444. The number of fused-ring (bicyclic) bond motifs is 1. The summed E-state index contributed by atoms with van der Waals surface area (Å²) in [4.78, 5) is 29.6. The molecular formula is C23H21N5O3. The number of hydrogen-bond acceptors (Lipinski definition) is 6. The van der Waals surface area contributed by atoms with Gasteiger partial charge in [0, 0.05) is 30.6 Å². The Morgan fingerprint density at radius 1 is 1.23 bits per heavy atom. The van der Waals surface area contributed by atoms with E-state index in [1.165, 1.54) is 29.8 Å². The predicted octanol–water partition coefficient (Wildman–Crippen LogP) is 3.66. The van der Waals surface area contributed by atoms with Crippen LogP contribution < -0.4 is 5.32 Å². The standard InChI is InChI=1S/C23H21N5O3/c24-15-17-13-22(25-20-9-8-18(28(30)31)14-19(17)20)26-21-10-12-27(23(21)29)11-4-7-16-5-2-1-3-6-16/h1-3,5-6,8-9,13-14,21H,4,7,10-12H2,(H,25,26). The molecule has 0 bridgehead atoms. The summed E-state index contributed by atoms with van der Waals surface area (Å²) in [6, 6.07) is 17.6. The zero-order chi connectivity index (χ0) is 21.8. The number of benzene rings is 2. The first-order valence-electron chi connectivity index (χ1n) is 10.1. The Hall–Kier alpha value is -3.99. The molecule has 8 heteroatoms. The van der Waals surface area contributed by atoms with Gasteiger partial charge in [-0.1, -0.05) is 30.3 Å². The molecule has 156 valence electrons. The monoisotopic (exact) mass is 415 g/mol. The third-order valence-corrected chi connectivity index (χ3v) is 5.48. The lowest BCUT2D eigenvalue weighted by molar-refractivity contribution is -0.384. The number of nitro benzene ring substituents is 1. The second-order valence-corrected chi connectivity index (χ2v) is 7.53. The quantitative estimate of drug-likeness (QED) is 0.465. The van der Waals surface area contributed by atoms with Crippen LogP contribution in [0.1, 0.15) is 24.0 Å². The fourth-order valence-electron chi connectivity index (χ4n) is 3.89. The van der Waals surface area contributed by atoms with E-state index in [4.69, 9.17) is 0 Å². The minimum absolute atomic E-state index is 0.0252. The average Bonchev–Trinajstić information content (AvgIpc) is 3.12. The molecule has 1 amide bonds. The molecule has 3 aromatic rings. The van der Waals surface area contributed by atoms with Gasteiger partial charge in [0.2, 0.25) is 5.91 Å². The number of amides is 1. The Bertz CT molecular complexity index is 1170. The molecule has 1 aliphatic rings. The van der Waals surface area contributed by atoms with Crippen LogP contribution in [-0.2, 0) is 11.2 Å². The summed E-state index contributed by atoms with van der Waals surface area (Å²) in [7, 11) is 0. The van der Waals surface area contributed by atoms with Crippen molar-refractivity contribution in [1.82, 2.24) is 9.88 Å². The fourth-order valence-corrected chi connectivity index (χ4v) is 3.89. The molecular weight excluding hydrogens is 394 g/mol. The lowest BCUT2D eigenvalue weighted by Gasteiger charge is -2.17. The highest BCUT2D eigenvalue weighted by Gasteiger charge is 2.31. The van der Waals surface area contributed by atoms with Gasteiger partial charge in [-0.25, -0.2) is 4.98 Å². The van der Waals surface area contributed by atoms with Crippen molar-refractivity contribution in [2.75, 3.05) is 18.4 Å². The molecule has 1 aromatic heterocycles. The van der Waals surface area contributed by atoms with Gasteiger partial charge in [-0.15, -0.1) is 0 Å². The molecule has 0 aliphatic carbocycles. The maximum Gasteiger partial charge on any atom is 0.270 e. The Morgan fingerprint density at radius 3 is 2.77 bits per heavy atom. The Balaban J connectivity index is 1.43. The van der Waals surface area contributed by atoms with E-state index in [2.05, 4.69) is 28.5 Å². The zero-order valence-electron chi connectivity index (χ0n) is 16.8. The van der Waals surface area contributed by atoms with Crippen molar-refractivity contribution in [3.63, 3.8) is 0 Å². The molecule has 8 nitrogen and oxygen atoms in total. The molecule has 0 radical (unpaired) electrons. The maximum absolute atomic E-state index is 12.8. The molecule has 1 saturated heterocycles. The van der Waals surface area contributed by atoms with E-state index in [0.717, 1.165) is 12.8 Å². The smallest absolute Gasteiger partial charge is 0.270 e. The second-order valence-electron chi connectivity index (χ2n) is 7.53. The van der Waals surface area contributed by atoms with Gasteiger partial charge in [-0.3, -0.25) is 14.9 Å². The number of carbonyl (C=O) groups is 1. The zero-order valence-corrected chi connectivity index (χ0v) is 16.8. The number of non-ortho nitro benzene ring substituents is 1. The number of likely N-dealkylation sites (tertiary alicyclic amines) is 1. The normalized spacial score (nSPS) is 15.8. The molecule has 1 atom stereocenters. The first-order valence-corrected chi connectivity index (χ1v) is 10.1. The van der Waals surface area contributed by atoms with Crippen LogP contribution in [-0.4, -0.2) is 39.8 Å². The van der Waals surface area contributed by atoms with Crippen LogP contribution in [0, 0.1) is 21.4 Å². The van der Waals surface area contributed by atoms with Crippen molar-refractivity contribution < 1.29 is 9.72 Å². The number of nitro groups is 1. The van der Waals surface area contributed by atoms with Crippen LogP contribution in [0.15, 0.2) is 54.6 Å². The summed E-state index contributed by atoms with van der Waals surface area (Å²) in [6.45, 7) is 1.38. The summed E-state index contributed by atoms with van der Waals surface area (Å²) in [6.07, 6.45) is 2.48. The van der Waals surface area contributed by atoms with Crippen molar-refractivity contribution in [3.05, 3.63) is 75.8 Å². The number of carbonyl (C=O) groups excluding carboxylic acids is 1. The third-order valence-electron chi connectivity index (χ3n) is 5.48. The molecule has 2 aromatic carbocycles. The lowest BCUT2D eigenvalue weighted by Crippen LogP contribution is -2.34. The summed E-state index contributed by atoms with van der Waals surface area (Å²) in [5.41, 5.74) is 1.91. The number of hydrogen-bond donors (Lipinski definition) is 1. The number of anilines is 1. The van der Waals surface area contributed by atoms with Crippen molar-refractivity contribution >= 4 is 28.3 Å². The summed E-state index contributed by atoms with van der Waals surface area (Å²) in [5, 5.41) is 24.1. The minimum atomic E-state index is -0.504. The molecule has 2 heterocycles. The van der Waals surface area contributed by atoms with Crippen LogP contribution in [0.25, 0.3) is 10.9 Å². The van der Waals surface area contributed by atoms with E-state index in [1.807, 2.05) is 23.1 Å². The van der Waals surface area contributed by atoms with Crippen molar-refractivity contribution in [2.45, 2.75) is 25.3 Å². The number of aromatic nitrogens is 1. The van der Waals surface area contributed by atoms with Crippen molar-refractivity contribution in [3.8, 4) is 6.07 Å². The van der Waals surface area contributed by atoms with Crippen LogP contribution in [0.2, 0.25) is 0 Å². The molecule has 0 saturated carbocycles. The average molecular weight is 415 g/mol. The summed E-state index contributed by atoms with van der Waals surface area (Å²) < 4.78 is 0. The van der Waals surface area contributed by atoms with Gasteiger partial charge in [0.1, 0.15) is 11.9 Å². The predicted molar refractivity (Wildman–Crippen MR) is 116 cm³/mol. The van der Waals surface area contributed by atoms with Gasteiger partial charge in [-0.05, 0) is 37.0 Å². The van der Waals surface area contributed by atoms with Gasteiger partial charge in [0.25, 0.3) is 5.69 Å². The van der Waals surface area contributed by atoms with E-state index in [0.29, 0.717) is 36.2 Å². The second kappa shape index (κ2) is 8.79. The third kappa shape index (κ3) is 4.46. The summed E-state index contributed by atoms with van der Waals surface area (Å²) >= 11 is 0. The van der Waals surface area contributed by atoms with E-state index in [-0.39, 0.29) is 17.2 Å². The number of aryl methyl sites for hydroxylation is 1. The van der Waals surface area contributed by atoms with Crippen molar-refractivity contribution in [2.24, 2.45) is 0 Å². The van der Waals surface area contributed by atoms with Crippen LogP contribution in [0.3, 0.4) is 0 Å². The molecule has 31 heavy (non-hydrogen) atoms. The van der Waals surface area contributed by atoms with Crippen molar-refractivity contribution in [1.29, 1.82) is 5.26 Å². The first kappa shape index (κ1) is 20.3. The number of pyridine rings is 1. The first-order chi connectivity index (χ1) is 15.0. The van der Waals surface area contributed by atoms with Crippen LogP contribution in [0.4, 0.5) is 11.5 Å². The van der Waals surface area contributed by atoms with E-state index in [1.54, 1.807) is 0 Å². The SMILES string of the molecule is N#Cc1cc(NC2CCN(CCCc3ccccc3)C2=O)nc2ccc([N+](=O)[O-])cc12. The fraction of sp³-hybridized carbons (Fsp3) is 0.261. The van der Waals surface area contributed by atoms with Gasteiger partial charge in [-0.2, -0.15) is 5.26 Å². The van der Waals surface area contributed by atoms with Gasteiger partial charge in [0.15, 0.2) is 0 Å². The molecule has 1 unspecified atom stereocenters. The van der Waals surface area contributed by atoms with E-state index < -0.39 is 11.0 Å². The van der Waals surface area contributed by atoms with E-state index in [9.17, 15) is 20.2 Å². The van der Waals surface area contributed by atoms with E-state index >= 15 is 0 Å². The van der Waals surface area contributed by atoms with Crippen LogP contribution >= 0.6 is 0 Å². The molecule has 0 spiro atoms.